The number of hydrogen-bond donors (Lipinski definition) is 1. The highest BCUT2D eigenvalue weighted by molar-refractivity contribution is 7.13. The van der Waals surface area contributed by atoms with Gasteiger partial charge in [-0.25, -0.2) is 0 Å². The van der Waals surface area contributed by atoms with Crippen molar-refractivity contribution in [1.29, 1.82) is 0 Å². The number of carbonyl (C=O) groups is 1. The van der Waals surface area contributed by atoms with Crippen LogP contribution in [0.3, 0.4) is 0 Å². The molecule has 6 heteroatoms. The van der Waals surface area contributed by atoms with Crippen molar-refractivity contribution in [3.8, 4) is 5.69 Å². The smallest absolute Gasteiger partial charge is 0.275 e. The summed E-state index contributed by atoms with van der Waals surface area (Å²) < 4.78 is 1.52. The van der Waals surface area contributed by atoms with Crippen molar-refractivity contribution in [3.05, 3.63) is 73.8 Å². The van der Waals surface area contributed by atoms with E-state index in [4.69, 9.17) is 11.6 Å². The summed E-state index contributed by atoms with van der Waals surface area (Å²) in [4.78, 5) is 24.6. The highest BCUT2D eigenvalue weighted by Gasteiger charge is 2.19. The van der Waals surface area contributed by atoms with Crippen LogP contribution in [-0.4, -0.2) is 15.6 Å². The van der Waals surface area contributed by atoms with Gasteiger partial charge in [0, 0.05) is 6.20 Å². The van der Waals surface area contributed by atoms with Gasteiger partial charge in [0.1, 0.15) is 5.56 Å². The average molecular weight is 305 g/mol. The Labute approximate surface area is 123 Å². The number of benzene rings is 1. The molecule has 0 aliphatic rings. The summed E-state index contributed by atoms with van der Waals surface area (Å²) in [6.07, 6.45) is 1.50. The molecule has 2 heterocycles. The molecule has 0 amide bonds. The Kier molecular flexibility index (Phi) is 3.30. The molecule has 0 radical (unpaired) electrons. The van der Waals surface area contributed by atoms with Crippen LogP contribution in [0.25, 0.3) is 5.69 Å². The number of para-hydroxylation sites is 1. The van der Waals surface area contributed by atoms with E-state index in [-0.39, 0.29) is 11.3 Å². The van der Waals surface area contributed by atoms with Crippen LogP contribution in [0, 0.1) is 0 Å². The first kappa shape index (κ1) is 12.9. The van der Waals surface area contributed by atoms with Gasteiger partial charge < -0.3 is 0 Å². The van der Waals surface area contributed by atoms with E-state index in [0.29, 0.717) is 9.90 Å². The average Bonchev–Trinajstić information content (AvgIpc) is 3.05. The number of ketones is 1. The first-order valence-electron chi connectivity index (χ1n) is 5.81. The van der Waals surface area contributed by atoms with Gasteiger partial charge in [-0.1, -0.05) is 29.8 Å². The lowest BCUT2D eigenvalue weighted by molar-refractivity contribution is 0.104. The van der Waals surface area contributed by atoms with E-state index in [1.165, 1.54) is 22.2 Å². The molecule has 0 saturated carbocycles. The summed E-state index contributed by atoms with van der Waals surface area (Å²) in [6.45, 7) is 0. The van der Waals surface area contributed by atoms with E-state index in [1.54, 1.807) is 11.4 Å². The first-order valence-corrected chi connectivity index (χ1v) is 7.07. The van der Waals surface area contributed by atoms with Gasteiger partial charge in [0.05, 0.1) is 15.6 Å². The van der Waals surface area contributed by atoms with Crippen LogP contribution in [0.2, 0.25) is 5.02 Å². The molecule has 3 aromatic rings. The van der Waals surface area contributed by atoms with Gasteiger partial charge in [-0.15, -0.1) is 11.3 Å². The summed E-state index contributed by atoms with van der Waals surface area (Å²) in [5.41, 5.74) is 0.433. The van der Waals surface area contributed by atoms with Crippen LogP contribution in [-0.2, 0) is 0 Å². The number of rotatable bonds is 3. The molecule has 0 bridgehead atoms. The molecule has 0 unspecified atom stereocenters. The quantitative estimate of drug-likeness (QED) is 0.756. The van der Waals surface area contributed by atoms with Crippen molar-refractivity contribution >= 4 is 28.7 Å². The van der Waals surface area contributed by atoms with E-state index in [2.05, 4.69) is 5.10 Å². The van der Waals surface area contributed by atoms with Gasteiger partial charge in [-0.2, -0.15) is 0 Å². The second kappa shape index (κ2) is 5.11. The number of nitrogens with one attached hydrogen (secondary N) is 1. The van der Waals surface area contributed by atoms with Crippen LogP contribution < -0.4 is 5.56 Å². The monoisotopic (exact) mass is 304 g/mol. The van der Waals surface area contributed by atoms with Gasteiger partial charge in [0.2, 0.25) is 5.78 Å². The maximum atomic E-state index is 12.3. The van der Waals surface area contributed by atoms with Gasteiger partial charge in [0.15, 0.2) is 0 Å². The van der Waals surface area contributed by atoms with Crippen LogP contribution in [0.5, 0.6) is 0 Å². The number of nitrogens with zero attached hydrogens (tertiary/aromatic N) is 1. The zero-order valence-electron chi connectivity index (χ0n) is 10.2. The Balaban J connectivity index is 2.05. The molecule has 0 aliphatic heterocycles. The fraction of sp³-hybridized carbons (Fsp3) is 0. The minimum absolute atomic E-state index is 0.0817. The molecule has 4 nitrogen and oxygen atoms in total. The Bertz CT molecular complexity index is 817. The third-order valence-corrected chi connectivity index (χ3v) is 4.17. The molecule has 1 aromatic carbocycles. The van der Waals surface area contributed by atoms with Gasteiger partial charge in [-0.05, 0) is 23.6 Å². The van der Waals surface area contributed by atoms with Crippen molar-refractivity contribution in [1.82, 2.24) is 9.78 Å². The fourth-order valence-corrected chi connectivity index (χ4v) is 2.95. The molecule has 0 saturated heterocycles. The van der Waals surface area contributed by atoms with Crippen LogP contribution in [0.1, 0.15) is 15.2 Å². The highest BCUT2D eigenvalue weighted by atomic mass is 35.5. The number of halogens is 1. The SMILES string of the molecule is O=C(c1sccc1Cl)c1cn(-c2ccccc2)[nH]c1=O. The second-order valence-corrected chi connectivity index (χ2v) is 5.44. The second-order valence-electron chi connectivity index (χ2n) is 4.12. The number of H-pyrrole nitrogens is 1. The van der Waals surface area contributed by atoms with Crippen molar-refractivity contribution in [2.75, 3.05) is 0 Å². The summed E-state index contributed by atoms with van der Waals surface area (Å²) in [5.74, 6) is -0.360. The molecule has 0 atom stereocenters. The Hall–Kier alpha value is -2.11. The molecular formula is C14H9ClN2O2S. The first-order chi connectivity index (χ1) is 9.66. The number of hydrogen-bond acceptors (Lipinski definition) is 3. The van der Waals surface area contributed by atoms with E-state index >= 15 is 0 Å². The van der Waals surface area contributed by atoms with Crippen molar-refractivity contribution in [2.45, 2.75) is 0 Å². The molecule has 0 spiro atoms. The normalized spacial score (nSPS) is 10.7. The predicted octanol–water partition coefficient (Wildman–Crippen LogP) is 3.11. The largest absolute Gasteiger partial charge is 0.287 e. The lowest BCUT2D eigenvalue weighted by Gasteiger charge is -1.99. The number of aromatic nitrogens is 2. The zero-order valence-corrected chi connectivity index (χ0v) is 11.7. The minimum Gasteiger partial charge on any atom is -0.287 e. The van der Waals surface area contributed by atoms with E-state index in [1.807, 2.05) is 30.3 Å². The minimum atomic E-state index is -0.427. The van der Waals surface area contributed by atoms with Crippen molar-refractivity contribution < 1.29 is 4.79 Å². The van der Waals surface area contributed by atoms with E-state index < -0.39 is 5.56 Å². The molecule has 100 valence electrons. The topological polar surface area (TPSA) is 54.9 Å². The molecule has 2 aromatic heterocycles. The number of thiophene rings is 1. The van der Waals surface area contributed by atoms with Gasteiger partial charge >= 0.3 is 0 Å². The Morgan fingerprint density at radius 1 is 1.20 bits per heavy atom. The van der Waals surface area contributed by atoms with Crippen molar-refractivity contribution in [2.24, 2.45) is 0 Å². The maximum absolute atomic E-state index is 12.3. The Morgan fingerprint density at radius 2 is 1.95 bits per heavy atom. The van der Waals surface area contributed by atoms with E-state index in [0.717, 1.165) is 5.69 Å². The lowest BCUT2D eigenvalue weighted by atomic mass is 10.2. The molecule has 0 aliphatic carbocycles. The summed E-state index contributed by atoms with van der Waals surface area (Å²) in [5, 5.41) is 4.71. The van der Waals surface area contributed by atoms with Crippen LogP contribution >= 0.6 is 22.9 Å². The number of carbonyl (C=O) groups excluding carboxylic acids is 1. The van der Waals surface area contributed by atoms with Crippen LogP contribution in [0.15, 0.2) is 52.8 Å². The van der Waals surface area contributed by atoms with Gasteiger partial charge in [0.25, 0.3) is 5.56 Å². The maximum Gasteiger partial charge on any atom is 0.275 e. The summed E-state index contributed by atoms with van der Waals surface area (Å²) in [6, 6.07) is 10.9. The third-order valence-electron chi connectivity index (χ3n) is 2.83. The predicted molar refractivity (Wildman–Crippen MR) is 79.2 cm³/mol. The molecule has 0 fully saturated rings. The summed E-state index contributed by atoms with van der Waals surface area (Å²) >= 11 is 7.15. The highest BCUT2D eigenvalue weighted by Crippen LogP contribution is 2.24. The third kappa shape index (κ3) is 2.21. The summed E-state index contributed by atoms with van der Waals surface area (Å²) in [7, 11) is 0. The lowest BCUT2D eigenvalue weighted by Crippen LogP contribution is -2.12. The van der Waals surface area contributed by atoms with Crippen LogP contribution in [0.4, 0.5) is 0 Å². The standard InChI is InChI=1S/C14H9ClN2O2S/c15-11-6-7-20-13(11)12(18)10-8-17(16-14(10)19)9-4-2-1-3-5-9/h1-8H,(H,16,19). The molecular weight excluding hydrogens is 296 g/mol. The molecule has 3 rings (SSSR count). The Morgan fingerprint density at radius 3 is 2.60 bits per heavy atom. The fourth-order valence-electron chi connectivity index (χ4n) is 1.86. The van der Waals surface area contributed by atoms with Gasteiger partial charge in [-0.3, -0.25) is 19.4 Å². The number of aromatic amines is 1. The molecule has 20 heavy (non-hydrogen) atoms. The zero-order chi connectivity index (χ0) is 14.1. The van der Waals surface area contributed by atoms with E-state index in [9.17, 15) is 9.59 Å². The molecule has 1 N–H and O–H groups in total. The van der Waals surface area contributed by atoms with Crippen molar-refractivity contribution in [3.63, 3.8) is 0 Å².